The van der Waals surface area contributed by atoms with Crippen molar-refractivity contribution in [2.45, 2.75) is 31.8 Å². The van der Waals surface area contributed by atoms with Gasteiger partial charge in [0, 0.05) is 17.6 Å². The van der Waals surface area contributed by atoms with E-state index in [2.05, 4.69) is 0 Å². The molecule has 4 heteroatoms. The fourth-order valence-corrected chi connectivity index (χ4v) is 1.40. The van der Waals surface area contributed by atoms with Gasteiger partial charge in [0.05, 0.1) is 0 Å². The van der Waals surface area contributed by atoms with E-state index in [9.17, 15) is 8.78 Å². The second kappa shape index (κ2) is 5.19. The molecule has 0 spiro atoms. The largest absolute Gasteiger partial charge is 0.328 e. The Labute approximate surface area is 88.3 Å². The molecule has 2 atom stereocenters. The SMILES string of the molecule is CC(N)CCC(N)c1cc(F)ccc1F. The van der Waals surface area contributed by atoms with Crippen LogP contribution < -0.4 is 11.5 Å². The Morgan fingerprint density at radius 1 is 1.20 bits per heavy atom. The minimum atomic E-state index is -0.494. The Bertz CT molecular complexity index is 326. The highest BCUT2D eigenvalue weighted by Gasteiger charge is 2.12. The van der Waals surface area contributed by atoms with Crippen molar-refractivity contribution in [1.29, 1.82) is 0 Å². The number of halogens is 2. The van der Waals surface area contributed by atoms with Crippen molar-refractivity contribution in [2.24, 2.45) is 11.5 Å². The van der Waals surface area contributed by atoms with Gasteiger partial charge in [-0.05, 0) is 38.0 Å². The zero-order valence-corrected chi connectivity index (χ0v) is 8.71. The standard InChI is InChI=1S/C11H16F2N2/c1-7(14)2-5-11(15)9-6-8(12)3-4-10(9)13/h3-4,6-7,11H,2,5,14-15H2,1H3. The third-order valence-corrected chi connectivity index (χ3v) is 2.29. The van der Waals surface area contributed by atoms with E-state index >= 15 is 0 Å². The maximum atomic E-state index is 13.3. The zero-order chi connectivity index (χ0) is 11.4. The van der Waals surface area contributed by atoms with E-state index in [4.69, 9.17) is 11.5 Å². The van der Waals surface area contributed by atoms with Crippen molar-refractivity contribution in [2.75, 3.05) is 0 Å². The molecule has 1 aromatic rings. The van der Waals surface area contributed by atoms with E-state index in [0.29, 0.717) is 12.8 Å². The van der Waals surface area contributed by atoms with Gasteiger partial charge in [-0.2, -0.15) is 0 Å². The van der Waals surface area contributed by atoms with Crippen LogP contribution >= 0.6 is 0 Å². The first-order valence-electron chi connectivity index (χ1n) is 4.97. The minimum absolute atomic E-state index is 0.0210. The molecule has 0 aromatic heterocycles. The van der Waals surface area contributed by atoms with Crippen LogP contribution in [0.5, 0.6) is 0 Å². The van der Waals surface area contributed by atoms with E-state index in [1.165, 1.54) is 0 Å². The van der Waals surface area contributed by atoms with Crippen molar-refractivity contribution in [1.82, 2.24) is 0 Å². The van der Waals surface area contributed by atoms with Crippen LogP contribution in [0.15, 0.2) is 18.2 Å². The van der Waals surface area contributed by atoms with Crippen LogP contribution in [0.1, 0.15) is 31.4 Å². The molecular formula is C11H16F2N2. The molecule has 0 amide bonds. The predicted octanol–water partition coefficient (Wildman–Crippen LogP) is 2.09. The first-order valence-corrected chi connectivity index (χ1v) is 4.97. The van der Waals surface area contributed by atoms with Gasteiger partial charge < -0.3 is 11.5 Å². The summed E-state index contributed by atoms with van der Waals surface area (Å²) < 4.78 is 26.1. The van der Waals surface area contributed by atoms with Crippen LogP contribution in [0.4, 0.5) is 8.78 Å². The normalized spacial score (nSPS) is 15.0. The topological polar surface area (TPSA) is 52.0 Å². The average molecular weight is 214 g/mol. The number of hydrogen-bond acceptors (Lipinski definition) is 2. The maximum Gasteiger partial charge on any atom is 0.128 e. The summed E-state index contributed by atoms with van der Waals surface area (Å²) >= 11 is 0. The molecule has 1 rings (SSSR count). The van der Waals surface area contributed by atoms with Crippen molar-refractivity contribution in [3.05, 3.63) is 35.4 Å². The highest BCUT2D eigenvalue weighted by molar-refractivity contribution is 5.21. The number of hydrogen-bond donors (Lipinski definition) is 2. The average Bonchev–Trinajstić information content (AvgIpc) is 2.18. The molecule has 15 heavy (non-hydrogen) atoms. The Morgan fingerprint density at radius 3 is 2.47 bits per heavy atom. The van der Waals surface area contributed by atoms with Crippen LogP contribution in [-0.4, -0.2) is 6.04 Å². The Hall–Kier alpha value is -1.00. The third-order valence-electron chi connectivity index (χ3n) is 2.29. The first kappa shape index (κ1) is 12.1. The molecule has 0 heterocycles. The molecule has 0 radical (unpaired) electrons. The Kier molecular flexibility index (Phi) is 4.17. The van der Waals surface area contributed by atoms with Gasteiger partial charge in [0.1, 0.15) is 11.6 Å². The van der Waals surface area contributed by atoms with Gasteiger partial charge in [0.2, 0.25) is 0 Å². The summed E-state index contributed by atoms with van der Waals surface area (Å²) in [7, 11) is 0. The third kappa shape index (κ3) is 3.57. The monoisotopic (exact) mass is 214 g/mol. The second-order valence-corrected chi connectivity index (χ2v) is 3.83. The van der Waals surface area contributed by atoms with Crippen LogP contribution in [0, 0.1) is 11.6 Å². The number of rotatable bonds is 4. The zero-order valence-electron chi connectivity index (χ0n) is 8.71. The van der Waals surface area contributed by atoms with Gasteiger partial charge in [0.15, 0.2) is 0 Å². The summed E-state index contributed by atoms with van der Waals surface area (Å²) in [5.41, 5.74) is 11.5. The summed E-state index contributed by atoms with van der Waals surface area (Å²) in [5, 5.41) is 0. The molecule has 0 saturated carbocycles. The minimum Gasteiger partial charge on any atom is -0.328 e. The molecular weight excluding hydrogens is 198 g/mol. The van der Waals surface area contributed by atoms with Gasteiger partial charge in [-0.15, -0.1) is 0 Å². The number of nitrogens with two attached hydrogens (primary N) is 2. The highest BCUT2D eigenvalue weighted by Crippen LogP contribution is 2.20. The van der Waals surface area contributed by atoms with Crippen molar-refractivity contribution in [3.63, 3.8) is 0 Å². The maximum absolute atomic E-state index is 13.3. The first-order chi connectivity index (χ1) is 7.00. The van der Waals surface area contributed by atoms with E-state index in [0.717, 1.165) is 18.2 Å². The molecule has 2 unspecified atom stereocenters. The molecule has 84 valence electrons. The quantitative estimate of drug-likeness (QED) is 0.806. The Morgan fingerprint density at radius 2 is 1.87 bits per heavy atom. The predicted molar refractivity (Wildman–Crippen MR) is 56.2 cm³/mol. The summed E-state index contributed by atoms with van der Waals surface area (Å²) in [4.78, 5) is 0. The van der Waals surface area contributed by atoms with Crippen molar-refractivity contribution in [3.8, 4) is 0 Å². The van der Waals surface area contributed by atoms with Crippen LogP contribution in [0.3, 0.4) is 0 Å². The molecule has 0 saturated heterocycles. The second-order valence-electron chi connectivity index (χ2n) is 3.83. The smallest absolute Gasteiger partial charge is 0.128 e. The van der Waals surface area contributed by atoms with Gasteiger partial charge in [-0.1, -0.05) is 0 Å². The van der Waals surface area contributed by atoms with E-state index in [-0.39, 0.29) is 11.6 Å². The lowest BCUT2D eigenvalue weighted by atomic mass is 10.0. The van der Waals surface area contributed by atoms with Crippen LogP contribution in [0.2, 0.25) is 0 Å². The van der Waals surface area contributed by atoms with Gasteiger partial charge in [-0.25, -0.2) is 8.78 Å². The summed E-state index contributed by atoms with van der Waals surface area (Å²) in [6.07, 6.45) is 1.25. The van der Waals surface area contributed by atoms with Crippen LogP contribution in [0.25, 0.3) is 0 Å². The lowest BCUT2D eigenvalue weighted by Gasteiger charge is -2.14. The summed E-state index contributed by atoms with van der Waals surface area (Å²) in [6, 6.07) is 2.84. The lowest BCUT2D eigenvalue weighted by molar-refractivity contribution is 0.517. The molecule has 1 aromatic carbocycles. The van der Waals surface area contributed by atoms with E-state index in [1.54, 1.807) is 0 Å². The fourth-order valence-electron chi connectivity index (χ4n) is 1.40. The van der Waals surface area contributed by atoms with Gasteiger partial charge in [0.25, 0.3) is 0 Å². The Balaban J connectivity index is 2.72. The van der Waals surface area contributed by atoms with Crippen molar-refractivity contribution < 1.29 is 8.78 Å². The number of benzene rings is 1. The molecule has 0 bridgehead atoms. The fraction of sp³-hybridized carbons (Fsp3) is 0.455. The van der Waals surface area contributed by atoms with Gasteiger partial charge in [-0.3, -0.25) is 0 Å². The lowest BCUT2D eigenvalue weighted by Crippen LogP contribution is -2.19. The van der Waals surface area contributed by atoms with Gasteiger partial charge >= 0.3 is 0 Å². The summed E-state index contributed by atoms with van der Waals surface area (Å²) in [6.45, 7) is 1.86. The molecule has 0 aliphatic rings. The molecule has 0 aliphatic carbocycles. The molecule has 4 N–H and O–H groups in total. The van der Waals surface area contributed by atoms with E-state index < -0.39 is 17.7 Å². The van der Waals surface area contributed by atoms with Crippen molar-refractivity contribution >= 4 is 0 Å². The molecule has 2 nitrogen and oxygen atoms in total. The molecule has 0 aliphatic heterocycles. The van der Waals surface area contributed by atoms with Crippen LogP contribution in [-0.2, 0) is 0 Å². The highest BCUT2D eigenvalue weighted by atomic mass is 19.1. The van der Waals surface area contributed by atoms with E-state index in [1.807, 2.05) is 6.92 Å². The molecule has 0 fully saturated rings. The summed E-state index contributed by atoms with van der Waals surface area (Å²) in [5.74, 6) is -0.934.